The zero-order valence-electron chi connectivity index (χ0n) is 9.11. The number of esters is 1. The van der Waals surface area contributed by atoms with Crippen LogP contribution < -0.4 is 0 Å². The number of ether oxygens (including phenoxy) is 3. The summed E-state index contributed by atoms with van der Waals surface area (Å²) in [5.74, 6) is 0.0888. The predicted octanol–water partition coefficient (Wildman–Crippen LogP) is 1.48. The number of carbonyl (C=O) groups excluding carboxylic acids is 1. The average Bonchev–Trinajstić information content (AvgIpc) is 2.29. The van der Waals surface area contributed by atoms with Crippen LogP contribution in [-0.2, 0) is 19.0 Å². The van der Waals surface area contributed by atoms with E-state index in [1.54, 1.807) is 6.92 Å². The van der Waals surface area contributed by atoms with Crippen molar-refractivity contribution in [3.63, 3.8) is 0 Å². The molecule has 2 fully saturated rings. The Balaban J connectivity index is 1.87. The Morgan fingerprint density at radius 3 is 3.00 bits per heavy atom. The maximum Gasteiger partial charge on any atom is 0.363 e. The maximum absolute atomic E-state index is 11.4. The van der Waals surface area contributed by atoms with Crippen LogP contribution in [0, 0.1) is 5.92 Å². The first-order chi connectivity index (χ1) is 7.31. The molecule has 0 aromatic rings. The summed E-state index contributed by atoms with van der Waals surface area (Å²) in [4.78, 5) is 11.4. The van der Waals surface area contributed by atoms with E-state index in [1.807, 2.05) is 0 Å². The molecule has 0 bridgehead atoms. The highest BCUT2D eigenvalue weighted by atomic mass is 16.7. The van der Waals surface area contributed by atoms with E-state index < -0.39 is 6.29 Å². The molecule has 1 aliphatic carbocycles. The fraction of sp³-hybridized carbons (Fsp3) is 0.909. The van der Waals surface area contributed by atoms with Crippen LogP contribution in [0.1, 0.15) is 32.6 Å². The van der Waals surface area contributed by atoms with Gasteiger partial charge < -0.3 is 14.2 Å². The lowest BCUT2D eigenvalue weighted by Gasteiger charge is -2.38. The minimum atomic E-state index is -0.788. The molecule has 4 nitrogen and oxygen atoms in total. The van der Waals surface area contributed by atoms with Crippen molar-refractivity contribution in [1.82, 2.24) is 0 Å². The monoisotopic (exact) mass is 214 g/mol. The van der Waals surface area contributed by atoms with Gasteiger partial charge in [0.1, 0.15) is 0 Å². The quantitative estimate of drug-likeness (QED) is 0.653. The van der Waals surface area contributed by atoms with Gasteiger partial charge >= 0.3 is 5.97 Å². The van der Waals surface area contributed by atoms with Gasteiger partial charge in [0.15, 0.2) is 0 Å². The molecule has 0 amide bonds. The van der Waals surface area contributed by atoms with Gasteiger partial charge in [-0.1, -0.05) is 12.8 Å². The minimum Gasteiger partial charge on any atom is -0.462 e. The van der Waals surface area contributed by atoms with Gasteiger partial charge in [0, 0.05) is 5.92 Å². The summed E-state index contributed by atoms with van der Waals surface area (Å²) in [6.07, 6.45) is 4.05. The van der Waals surface area contributed by atoms with E-state index in [0.717, 1.165) is 12.8 Å². The molecule has 1 saturated carbocycles. The van der Waals surface area contributed by atoms with Crippen LogP contribution in [0.15, 0.2) is 0 Å². The molecule has 4 heteroatoms. The molecule has 1 heterocycles. The summed E-state index contributed by atoms with van der Waals surface area (Å²) in [5.41, 5.74) is 0. The van der Waals surface area contributed by atoms with Crippen LogP contribution in [0.2, 0.25) is 0 Å². The number of fused-ring (bicyclic) bond motifs is 1. The Morgan fingerprint density at radius 2 is 2.20 bits per heavy atom. The van der Waals surface area contributed by atoms with E-state index in [-0.39, 0.29) is 12.1 Å². The van der Waals surface area contributed by atoms with Crippen molar-refractivity contribution in [1.29, 1.82) is 0 Å². The van der Waals surface area contributed by atoms with E-state index in [9.17, 15) is 4.79 Å². The van der Waals surface area contributed by atoms with Crippen LogP contribution >= 0.6 is 0 Å². The van der Waals surface area contributed by atoms with Gasteiger partial charge in [-0.05, 0) is 19.8 Å². The van der Waals surface area contributed by atoms with Gasteiger partial charge in [-0.2, -0.15) is 0 Å². The third kappa shape index (κ3) is 2.49. The summed E-state index contributed by atoms with van der Waals surface area (Å²) in [7, 11) is 0. The van der Waals surface area contributed by atoms with Gasteiger partial charge in [-0.3, -0.25) is 0 Å². The second-order valence-electron chi connectivity index (χ2n) is 4.14. The fourth-order valence-electron chi connectivity index (χ4n) is 2.29. The lowest BCUT2D eigenvalue weighted by molar-refractivity contribution is -0.249. The smallest absolute Gasteiger partial charge is 0.363 e. The van der Waals surface area contributed by atoms with Gasteiger partial charge in [0.2, 0.25) is 0 Å². The summed E-state index contributed by atoms with van der Waals surface area (Å²) in [5, 5.41) is 0. The zero-order valence-corrected chi connectivity index (χ0v) is 9.11. The van der Waals surface area contributed by atoms with Crippen molar-refractivity contribution in [2.75, 3.05) is 13.2 Å². The third-order valence-electron chi connectivity index (χ3n) is 3.08. The van der Waals surface area contributed by atoms with Crippen molar-refractivity contribution in [3.8, 4) is 0 Å². The molecular formula is C11H18O4. The Kier molecular flexibility index (Phi) is 3.59. The maximum atomic E-state index is 11.4. The molecule has 1 saturated heterocycles. The van der Waals surface area contributed by atoms with Crippen LogP contribution in [0.3, 0.4) is 0 Å². The molecule has 0 unspecified atom stereocenters. The first-order valence-corrected chi connectivity index (χ1v) is 5.75. The van der Waals surface area contributed by atoms with Crippen molar-refractivity contribution in [2.24, 2.45) is 5.92 Å². The van der Waals surface area contributed by atoms with Crippen molar-refractivity contribution < 1.29 is 19.0 Å². The Morgan fingerprint density at radius 1 is 1.40 bits per heavy atom. The number of rotatable bonds is 2. The first-order valence-electron chi connectivity index (χ1n) is 5.75. The van der Waals surface area contributed by atoms with E-state index in [2.05, 4.69) is 0 Å². The van der Waals surface area contributed by atoms with Crippen molar-refractivity contribution in [2.45, 2.75) is 45.0 Å². The Labute approximate surface area is 89.9 Å². The Bertz CT molecular complexity index is 229. The second kappa shape index (κ2) is 4.94. The summed E-state index contributed by atoms with van der Waals surface area (Å²) >= 11 is 0. The molecule has 2 aliphatic rings. The van der Waals surface area contributed by atoms with Crippen LogP contribution in [-0.4, -0.2) is 31.6 Å². The molecular weight excluding hydrogens is 196 g/mol. The summed E-state index contributed by atoms with van der Waals surface area (Å²) in [6.45, 7) is 2.79. The van der Waals surface area contributed by atoms with Gasteiger partial charge in [-0.15, -0.1) is 0 Å². The highest BCUT2D eigenvalue weighted by molar-refractivity contribution is 5.73. The SMILES string of the molecule is CCOC(=O)[C@H]1OC[C@H]2CCCC[C@@H]2O1. The summed E-state index contributed by atoms with van der Waals surface area (Å²) in [6, 6.07) is 0. The number of hydrogen-bond donors (Lipinski definition) is 0. The molecule has 15 heavy (non-hydrogen) atoms. The molecule has 0 radical (unpaired) electrons. The first kappa shape index (κ1) is 10.9. The van der Waals surface area contributed by atoms with Crippen molar-refractivity contribution in [3.05, 3.63) is 0 Å². The fourth-order valence-corrected chi connectivity index (χ4v) is 2.29. The van der Waals surface area contributed by atoms with Crippen molar-refractivity contribution >= 4 is 5.97 Å². The summed E-state index contributed by atoms with van der Waals surface area (Å²) < 4.78 is 15.8. The standard InChI is InChI=1S/C11H18O4/c1-2-13-10(12)11-14-7-8-5-3-4-6-9(8)15-11/h8-9,11H,2-7H2,1H3/t8-,9+,11+/m1/s1. The van der Waals surface area contributed by atoms with Gasteiger partial charge in [0.25, 0.3) is 6.29 Å². The molecule has 0 aromatic heterocycles. The lowest BCUT2D eigenvalue weighted by Crippen LogP contribution is -2.45. The number of carbonyl (C=O) groups is 1. The highest BCUT2D eigenvalue weighted by Gasteiger charge is 2.37. The third-order valence-corrected chi connectivity index (χ3v) is 3.08. The van der Waals surface area contributed by atoms with Crippen LogP contribution in [0.4, 0.5) is 0 Å². The topological polar surface area (TPSA) is 44.8 Å². The largest absolute Gasteiger partial charge is 0.462 e. The van der Waals surface area contributed by atoms with E-state index in [4.69, 9.17) is 14.2 Å². The average molecular weight is 214 g/mol. The zero-order chi connectivity index (χ0) is 10.7. The normalized spacial score (nSPS) is 35.7. The Hall–Kier alpha value is -0.610. The molecule has 1 aliphatic heterocycles. The minimum absolute atomic E-state index is 0.196. The lowest BCUT2D eigenvalue weighted by atomic mass is 9.86. The van der Waals surface area contributed by atoms with Crippen LogP contribution in [0.25, 0.3) is 0 Å². The molecule has 86 valence electrons. The molecule has 0 spiro atoms. The molecule has 0 N–H and O–H groups in total. The predicted molar refractivity (Wildman–Crippen MR) is 53.2 cm³/mol. The van der Waals surface area contributed by atoms with Gasteiger partial charge in [-0.25, -0.2) is 4.79 Å². The highest BCUT2D eigenvalue weighted by Crippen LogP contribution is 2.31. The van der Waals surface area contributed by atoms with E-state index >= 15 is 0 Å². The molecule has 2 rings (SSSR count). The molecule has 0 aromatic carbocycles. The molecule has 3 atom stereocenters. The van der Waals surface area contributed by atoms with E-state index in [1.165, 1.54) is 12.8 Å². The van der Waals surface area contributed by atoms with Crippen LogP contribution in [0.5, 0.6) is 0 Å². The van der Waals surface area contributed by atoms with E-state index in [0.29, 0.717) is 19.1 Å². The number of hydrogen-bond acceptors (Lipinski definition) is 4. The second-order valence-corrected chi connectivity index (χ2v) is 4.14. The van der Waals surface area contributed by atoms with Gasteiger partial charge in [0.05, 0.1) is 19.3 Å².